The van der Waals surface area contributed by atoms with Crippen molar-refractivity contribution in [1.29, 1.82) is 5.26 Å². The van der Waals surface area contributed by atoms with Gasteiger partial charge in [0.25, 0.3) is 0 Å². The van der Waals surface area contributed by atoms with Gasteiger partial charge >= 0.3 is 0 Å². The molecule has 0 saturated carbocycles. The zero-order valence-electron chi connectivity index (χ0n) is 19.2. The summed E-state index contributed by atoms with van der Waals surface area (Å²) in [4.78, 5) is 21.3. The number of H-pyrrole nitrogens is 1. The van der Waals surface area contributed by atoms with Crippen LogP contribution in [-0.4, -0.2) is 47.9 Å². The van der Waals surface area contributed by atoms with Crippen LogP contribution in [-0.2, 0) is 11.8 Å². The number of rotatable bonds is 2. The first kappa shape index (κ1) is 21.3. The van der Waals surface area contributed by atoms with Crippen molar-refractivity contribution in [1.82, 2.24) is 9.88 Å². The van der Waals surface area contributed by atoms with Gasteiger partial charge in [0.2, 0.25) is 0 Å². The van der Waals surface area contributed by atoms with Gasteiger partial charge in [-0.15, -0.1) is 0 Å². The largest absolute Gasteiger partial charge is 0.368 e. The number of aromatic amines is 1. The van der Waals surface area contributed by atoms with Crippen LogP contribution in [0.1, 0.15) is 72.6 Å². The highest BCUT2D eigenvalue weighted by molar-refractivity contribution is 6.33. The van der Waals surface area contributed by atoms with Gasteiger partial charge in [0, 0.05) is 67.3 Å². The molecule has 1 saturated heterocycles. The zero-order chi connectivity index (χ0) is 22.8. The molecule has 5 nitrogen and oxygen atoms in total. The number of ketones is 1. The quantitative estimate of drug-likeness (QED) is 0.708. The van der Waals surface area contributed by atoms with Crippen molar-refractivity contribution in [2.75, 3.05) is 31.1 Å². The number of nitrogens with zero attached hydrogens (tertiary/aromatic N) is 3. The minimum Gasteiger partial charge on any atom is -0.368 e. The molecule has 1 aromatic carbocycles. The minimum absolute atomic E-state index is 0.0292. The Hall–Kier alpha value is -2.55. The third-order valence-electron chi connectivity index (χ3n) is 7.45. The highest BCUT2D eigenvalue weighted by Gasteiger charge is 2.39. The number of carbonyl (C=O) groups is 1. The lowest BCUT2D eigenvalue weighted by Crippen LogP contribution is -2.49. The molecule has 2 heterocycles. The molecule has 5 rings (SSSR count). The lowest BCUT2D eigenvalue weighted by atomic mass is 9.71. The average molecular weight is 449 g/mol. The molecule has 0 spiro atoms. The molecule has 6 heteroatoms. The maximum absolute atomic E-state index is 12.9. The van der Waals surface area contributed by atoms with Crippen molar-refractivity contribution >= 4 is 29.1 Å². The smallest absolute Gasteiger partial charge is 0.170 e. The van der Waals surface area contributed by atoms with Gasteiger partial charge in [-0.2, -0.15) is 5.26 Å². The van der Waals surface area contributed by atoms with E-state index < -0.39 is 0 Å². The van der Waals surface area contributed by atoms with Gasteiger partial charge in [-0.1, -0.05) is 25.4 Å². The molecular formula is C26H29ClN4O. The van der Waals surface area contributed by atoms with Gasteiger partial charge in [0.1, 0.15) is 0 Å². The predicted octanol–water partition coefficient (Wildman–Crippen LogP) is 4.92. The number of piperazine rings is 1. The molecule has 0 unspecified atom stereocenters. The SMILES string of the molecule is CC(C)N1CCN(c2cc3c(cc2Cl)Cc2c([nH]c4c2C(=O)CC(C#N)=C4)C3(C)C)CC1. The summed E-state index contributed by atoms with van der Waals surface area (Å²) in [6, 6.07) is 7.08. The van der Waals surface area contributed by atoms with E-state index in [4.69, 9.17) is 11.6 Å². The summed E-state index contributed by atoms with van der Waals surface area (Å²) in [7, 11) is 0. The second-order valence-corrected chi connectivity index (χ2v) is 10.4. The van der Waals surface area contributed by atoms with Gasteiger partial charge < -0.3 is 9.88 Å². The molecule has 1 aliphatic heterocycles. The molecule has 3 aliphatic rings. The number of anilines is 1. The summed E-state index contributed by atoms with van der Waals surface area (Å²) in [6.07, 6.45) is 2.70. The van der Waals surface area contributed by atoms with Gasteiger partial charge in [0.05, 0.1) is 22.5 Å². The van der Waals surface area contributed by atoms with Crippen LogP contribution in [0.3, 0.4) is 0 Å². The number of aromatic nitrogens is 1. The molecule has 1 aromatic heterocycles. The van der Waals surface area contributed by atoms with E-state index in [-0.39, 0.29) is 17.6 Å². The Morgan fingerprint density at radius 2 is 1.88 bits per heavy atom. The van der Waals surface area contributed by atoms with Crippen LogP contribution in [0.5, 0.6) is 0 Å². The fourth-order valence-electron chi connectivity index (χ4n) is 5.63. The van der Waals surface area contributed by atoms with Crippen molar-refractivity contribution in [3.05, 3.63) is 56.4 Å². The van der Waals surface area contributed by atoms with Gasteiger partial charge in [-0.05, 0) is 48.7 Å². The number of fused-ring (bicyclic) bond motifs is 4. The third kappa shape index (κ3) is 3.20. The minimum atomic E-state index is -0.291. The molecule has 0 bridgehead atoms. The molecule has 32 heavy (non-hydrogen) atoms. The highest BCUT2D eigenvalue weighted by atomic mass is 35.5. The van der Waals surface area contributed by atoms with Crippen LogP contribution in [0.2, 0.25) is 5.02 Å². The first-order valence-electron chi connectivity index (χ1n) is 11.4. The maximum Gasteiger partial charge on any atom is 0.170 e. The summed E-state index contributed by atoms with van der Waals surface area (Å²) in [5, 5.41) is 10.1. The predicted molar refractivity (Wildman–Crippen MR) is 129 cm³/mol. The molecule has 1 fully saturated rings. The lowest BCUT2D eigenvalue weighted by molar-refractivity contribution is 0.0992. The Kier molecular flexibility index (Phi) is 5.00. The van der Waals surface area contributed by atoms with Crippen molar-refractivity contribution in [3.63, 3.8) is 0 Å². The first-order valence-corrected chi connectivity index (χ1v) is 11.8. The Morgan fingerprint density at radius 3 is 2.53 bits per heavy atom. The number of hydrogen-bond acceptors (Lipinski definition) is 4. The van der Waals surface area contributed by atoms with Crippen LogP contribution in [0.4, 0.5) is 5.69 Å². The van der Waals surface area contributed by atoms with E-state index in [1.165, 1.54) is 11.1 Å². The fraction of sp³-hybridized carbons (Fsp3) is 0.462. The van der Waals surface area contributed by atoms with E-state index in [1.54, 1.807) is 0 Å². The molecule has 1 N–H and O–H groups in total. The average Bonchev–Trinajstić information content (AvgIpc) is 3.13. The van der Waals surface area contributed by atoms with Crippen LogP contribution >= 0.6 is 11.6 Å². The molecule has 0 atom stereocenters. The van der Waals surface area contributed by atoms with Gasteiger partial charge in [-0.3, -0.25) is 9.69 Å². The van der Waals surface area contributed by atoms with Crippen LogP contribution in [0.25, 0.3) is 6.08 Å². The standard InChI is InChI=1S/C26H29ClN4O/c1-15(2)30-5-7-31(8-6-30)22-13-19-17(12-20(22)27)11-18-24-21(29-25(18)26(19,3)4)9-16(14-28)10-23(24)32/h9,12-13,15,29H,5-8,10-11H2,1-4H3. The summed E-state index contributed by atoms with van der Waals surface area (Å²) < 4.78 is 0. The monoisotopic (exact) mass is 448 g/mol. The van der Waals surface area contributed by atoms with Gasteiger partial charge in [0.15, 0.2) is 5.78 Å². The van der Waals surface area contributed by atoms with E-state index in [0.717, 1.165) is 59.4 Å². The van der Waals surface area contributed by atoms with Crippen LogP contribution in [0.15, 0.2) is 17.7 Å². The number of allylic oxidation sites excluding steroid dienone is 1. The van der Waals surface area contributed by atoms with E-state index in [1.807, 2.05) is 6.08 Å². The summed E-state index contributed by atoms with van der Waals surface area (Å²) in [6.45, 7) is 12.9. The summed E-state index contributed by atoms with van der Waals surface area (Å²) in [5.41, 5.74) is 7.43. The van der Waals surface area contributed by atoms with E-state index in [0.29, 0.717) is 18.0 Å². The number of nitriles is 1. The topological polar surface area (TPSA) is 63.1 Å². The Morgan fingerprint density at radius 1 is 1.16 bits per heavy atom. The van der Waals surface area contributed by atoms with E-state index >= 15 is 0 Å². The van der Waals surface area contributed by atoms with Crippen molar-refractivity contribution in [3.8, 4) is 6.07 Å². The number of nitrogens with one attached hydrogen (secondary N) is 1. The molecule has 0 radical (unpaired) electrons. The Labute approximate surface area is 194 Å². The zero-order valence-corrected chi connectivity index (χ0v) is 19.9. The van der Waals surface area contributed by atoms with Crippen molar-refractivity contribution < 1.29 is 4.79 Å². The number of carbonyl (C=O) groups excluding carboxylic acids is 1. The summed E-state index contributed by atoms with van der Waals surface area (Å²) >= 11 is 6.82. The first-order chi connectivity index (χ1) is 15.2. The highest BCUT2D eigenvalue weighted by Crippen LogP contribution is 2.47. The molecule has 0 amide bonds. The maximum atomic E-state index is 12.9. The van der Waals surface area contributed by atoms with Crippen molar-refractivity contribution in [2.24, 2.45) is 0 Å². The second-order valence-electron chi connectivity index (χ2n) is 10.0. The second kappa shape index (κ2) is 7.50. The molecule has 166 valence electrons. The lowest BCUT2D eigenvalue weighted by Gasteiger charge is -2.40. The molecular weight excluding hydrogens is 420 g/mol. The normalized spacial score (nSPS) is 19.8. The van der Waals surface area contributed by atoms with Gasteiger partial charge in [-0.25, -0.2) is 0 Å². The third-order valence-corrected chi connectivity index (χ3v) is 7.75. The number of Topliss-reactive ketones (excluding diaryl/α,β-unsaturated/α-hetero) is 1. The van der Waals surface area contributed by atoms with E-state index in [2.05, 4.69) is 60.7 Å². The number of hydrogen-bond donors (Lipinski definition) is 1. The van der Waals surface area contributed by atoms with Crippen LogP contribution in [0, 0.1) is 11.3 Å². The molecule has 2 aromatic rings. The Balaban J connectivity index is 1.55. The Bertz CT molecular complexity index is 1190. The number of benzene rings is 1. The van der Waals surface area contributed by atoms with Crippen molar-refractivity contribution in [2.45, 2.75) is 52.0 Å². The van der Waals surface area contributed by atoms with Crippen LogP contribution < -0.4 is 4.90 Å². The number of halogens is 1. The molecule has 2 aliphatic carbocycles. The van der Waals surface area contributed by atoms with E-state index in [9.17, 15) is 10.1 Å². The fourth-order valence-corrected chi connectivity index (χ4v) is 5.94. The summed E-state index contributed by atoms with van der Waals surface area (Å²) in [5.74, 6) is 0.0292.